The highest BCUT2D eigenvalue weighted by Gasteiger charge is 2.39. The molecule has 0 aliphatic heterocycles. The standard InChI is InChI=1S/C18H18O8/c19-15(20)13(25-17(23)11-7-3-1-4-8-11)14(16(21)22)26-18(24)12-9-5-2-6-10-12/h1-10,13-14,17-18,23-24H,(H,19,20)(H,21,22)/t13-,14?,17?,18?/m1/s1. The summed E-state index contributed by atoms with van der Waals surface area (Å²) in [5, 5.41) is 38.7. The number of rotatable bonds is 9. The molecule has 0 spiro atoms. The molecule has 3 unspecified atom stereocenters. The van der Waals surface area contributed by atoms with Crippen molar-refractivity contribution in [3.63, 3.8) is 0 Å². The lowest BCUT2D eigenvalue weighted by atomic mass is 10.1. The summed E-state index contributed by atoms with van der Waals surface area (Å²) in [6.45, 7) is 0. The number of carboxylic acids is 2. The van der Waals surface area contributed by atoms with E-state index >= 15 is 0 Å². The van der Waals surface area contributed by atoms with Crippen LogP contribution in [0.3, 0.4) is 0 Å². The van der Waals surface area contributed by atoms with Crippen LogP contribution in [0.1, 0.15) is 23.7 Å². The average molecular weight is 362 g/mol. The van der Waals surface area contributed by atoms with E-state index in [9.17, 15) is 30.0 Å². The maximum absolute atomic E-state index is 11.5. The molecule has 0 aliphatic carbocycles. The molecule has 0 aromatic heterocycles. The molecule has 4 atom stereocenters. The molecule has 26 heavy (non-hydrogen) atoms. The topological polar surface area (TPSA) is 134 Å². The molecule has 8 heteroatoms. The van der Waals surface area contributed by atoms with Crippen molar-refractivity contribution in [1.82, 2.24) is 0 Å². The van der Waals surface area contributed by atoms with Crippen LogP contribution in [0, 0.1) is 0 Å². The van der Waals surface area contributed by atoms with Gasteiger partial charge in [-0.05, 0) is 0 Å². The van der Waals surface area contributed by atoms with Crippen molar-refractivity contribution in [2.24, 2.45) is 0 Å². The van der Waals surface area contributed by atoms with Gasteiger partial charge in [0.1, 0.15) is 0 Å². The summed E-state index contributed by atoms with van der Waals surface area (Å²) in [5.74, 6) is -3.32. The molecule has 4 N–H and O–H groups in total. The van der Waals surface area contributed by atoms with E-state index in [4.69, 9.17) is 9.47 Å². The van der Waals surface area contributed by atoms with Crippen molar-refractivity contribution in [3.05, 3.63) is 71.8 Å². The van der Waals surface area contributed by atoms with Gasteiger partial charge in [-0.25, -0.2) is 9.59 Å². The summed E-state index contributed by atoms with van der Waals surface area (Å²) in [6.07, 6.45) is -7.48. The smallest absolute Gasteiger partial charge is 0.336 e. The van der Waals surface area contributed by atoms with Crippen molar-refractivity contribution in [3.8, 4) is 0 Å². The summed E-state index contributed by atoms with van der Waals surface area (Å²) in [5.41, 5.74) is 0.484. The molecule has 2 aromatic rings. The average Bonchev–Trinajstić information content (AvgIpc) is 2.65. The fraction of sp³-hybridized carbons (Fsp3) is 0.222. The predicted octanol–water partition coefficient (Wildman–Crippen LogP) is 1.31. The molecule has 0 aliphatic rings. The van der Waals surface area contributed by atoms with E-state index in [0.717, 1.165) is 0 Å². The molecule has 0 heterocycles. The molecule has 2 aromatic carbocycles. The second-order valence-electron chi connectivity index (χ2n) is 5.32. The van der Waals surface area contributed by atoms with Gasteiger partial charge in [-0.3, -0.25) is 0 Å². The van der Waals surface area contributed by atoms with Gasteiger partial charge in [-0.1, -0.05) is 60.7 Å². The minimum absolute atomic E-state index is 0.242. The monoisotopic (exact) mass is 362 g/mol. The molecular weight excluding hydrogens is 344 g/mol. The highest BCUT2D eigenvalue weighted by Crippen LogP contribution is 2.23. The zero-order chi connectivity index (χ0) is 19.1. The Hall–Kier alpha value is -2.78. The molecule has 0 amide bonds. The summed E-state index contributed by atoms with van der Waals surface area (Å²) in [7, 11) is 0. The van der Waals surface area contributed by atoms with Crippen molar-refractivity contribution < 1.29 is 39.5 Å². The third-order valence-corrected chi connectivity index (χ3v) is 3.48. The lowest BCUT2D eigenvalue weighted by molar-refractivity contribution is -0.228. The van der Waals surface area contributed by atoms with Crippen LogP contribution in [0.25, 0.3) is 0 Å². The van der Waals surface area contributed by atoms with Gasteiger partial charge in [0.2, 0.25) is 0 Å². The maximum Gasteiger partial charge on any atom is 0.336 e. The van der Waals surface area contributed by atoms with Gasteiger partial charge in [0.15, 0.2) is 24.8 Å². The van der Waals surface area contributed by atoms with Crippen molar-refractivity contribution in [2.45, 2.75) is 24.8 Å². The van der Waals surface area contributed by atoms with Gasteiger partial charge in [-0.15, -0.1) is 0 Å². The van der Waals surface area contributed by atoms with Crippen LogP contribution >= 0.6 is 0 Å². The second-order valence-corrected chi connectivity index (χ2v) is 5.32. The van der Waals surface area contributed by atoms with Crippen LogP contribution in [0.4, 0.5) is 0 Å². The normalized spacial score (nSPS) is 15.6. The zero-order valence-corrected chi connectivity index (χ0v) is 13.5. The van der Waals surface area contributed by atoms with E-state index in [0.29, 0.717) is 0 Å². The predicted molar refractivity (Wildman–Crippen MR) is 87.8 cm³/mol. The molecule has 2 rings (SSSR count). The number of carboxylic acid groups (broad SMARTS) is 2. The van der Waals surface area contributed by atoms with E-state index in [1.165, 1.54) is 24.3 Å². The third-order valence-electron chi connectivity index (χ3n) is 3.48. The number of benzene rings is 2. The van der Waals surface area contributed by atoms with Gasteiger partial charge >= 0.3 is 11.9 Å². The van der Waals surface area contributed by atoms with Crippen LogP contribution in [0.15, 0.2) is 60.7 Å². The van der Waals surface area contributed by atoms with E-state index in [1.54, 1.807) is 36.4 Å². The number of aliphatic carboxylic acids is 2. The van der Waals surface area contributed by atoms with E-state index in [-0.39, 0.29) is 11.1 Å². The number of aliphatic hydroxyl groups excluding tert-OH is 2. The van der Waals surface area contributed by atoms with Crippen LogP contribution in [-0.2, 0) is 19.1 Å². The first-order chi connectivity index (χ1) is 12.4. The largest absolute Gasteiger partial charge is 0.479 e. The number of hydrogen-bond acceptors (Lipinski definition) is 6. The molecule has 8 nitrogen and oxygen atoms in total. The summed E-state index contributed by atoms with van der Waals surface area (Å²) in [4.78, 5) is 22.9. The lowest BCUT2D eigenvalue weighted by Crippen LogP contribution is -2.45. The first-order valence-electron chi connectivity index (χ1n) is 7.62. The Bertz CT molecular complexity index is 655. The molecule has 0 radical (unpaired) electrons. The quantitative estimate of drug-likeness (QED) is 0.491. The Morgan fingerprint density at radius 1 is 0.654 bits per heavy atom. The van der Waals surface area contributed by atoms with E-state index < -0.39 is 36.7 Å². The first-order valence-corrected chi connectivity index (χ1v) is 7.62. The maximum atomic E-state index is 11.5. The molecule has 0 saturated heterocycles. The Balaban J connectivity index is 2.17. The fourth-order valence-corrected chi connectivity index (χ4v) is 2.19. The fourth-order valence-electron chi connectivity index (χ4n) is 2.19. The van der Waals surface area contributed by atoms with Crippen LogP contribution in [0.2, 0.25) is 0 Å². The second kappa shape index (κ2) is 9.07. The number of hydrogen-bond donors (Lipinski definition) is 4. The summed E-state index contributed by atoms with van der Waals surface area (Å²) < 4.78 is 9.99. The van der Waals surface area contributed by atoms with Crippen LogP contribution in [0.5, 0.6) is 0 Å². The lowest BCUT2D eigenvalue weighted by Gasteiger charge is -2.25. The van der Waals surface area contributed by atoms with Gasteiger partial charge in [0, 0.05) is 11.1 Å². The van der Waals surface area contributed by atoms with Crippen LogP contribution in [-0.4, -0.2) is 44.6 Å². The Labute approximate surface area is 148 Å². The molecule has 0 fully saturated rings. The molecular formula is C18H18O8. The summed E-state index contributed by atoms with van der Waals surface area (Å²) in [6, 6.07) is 15.7. The van der Waals surface area contributed by atoms with Gasteiger partial charge < -0.3 is 29.9 Å². The first kappa shape index (κ1) is 19.5. The van der Waals surface area contributed by atoms with Crippen molar-refractivity contribution >= 4 is 11.9 Å². The minimum atomic E-state index is -2.05. The van der Waals surface area contributed by atoms with Gasteiger partial charge in [0.05, 0.1) is 0 Å². The summed E-state index contributed by atoms with van der Waals surface area (Å²) >= 11 is 0. The highest BCUT2D eigenvalue weighted by molar-refractivity contribution is 5.83. The van der Waals surface area contributed by atoms with Gasteiger partial charge in [-0.2, -0.15) is 0 Å². The SMILES string of the molecule is O=C(O)C(OC(O)c1ccccc1)[C@@H](OC(O)c1ccccc1)C(=O)O. The van der Waals surface area contributed by atoms with Crippen LogP contribution < -0.4 is 0 Å². The Morgan fingerprint density at radius 3 is 1.23 bits per heavy atom. The van der Waals surface area contributed by atoms with Crippen molar-refractivity contribution in [2.75, 3.05) is 0 Å². The minimum Gasteiger partial charge on any atom is -0.479 e. The third kappa shape index (κ3) is 5.11. The van der Waals surface area contributed by atoms with Crippen molar-refractivity contribution in [1.29, 1.82) is 0 Å². The number of ether oxygens (including phenoxy) is 2. The van der Waals surface area contributed by atoms with Gasteiger partial charge in [0.25, 0.3) is 0 Å². The molecule has 138 valence electrons. The number of carbonyl (C=O) groups is 2. The number of aliphatic hydroxyl groups is 2. The zero-order valence-electron chi connectivity index (χ0n) is 13.5. The van der Waals surface area contributed by atoms with E-state index in [2.05, 4.69) is 0 Å². The molecule has 0 saturated carbocycles. The highest BCUT2D eigenvalue weighted by atomic mass is 16.7. The Morgan fingerprint density at radius 2 is 0.962 bits per heavy atom. The van der Waals surface area contributed by atoms with E-state index in [1.807, 2.05) is 0 Å². The Kier molecular flexibility index (Phi) is 6.81. The molecule has 0 bridgehead atoms.